The number of nitrogens with zero attached hydrogens (tertiary/aromatic N) is 3. The molecule has 1 aromatic carbocycles. The molecule has 1 amide bonds. The highest BCUT2D eigenvalue weighted by molar-refractivity contribution is 7.99. The lowest BCUT2D eigenvalue weighted by Gasteiger charge is -2.12. The maximum absolute atomic E-state index is 13.6. The Balaban J connectivity index is 2.28. The van der Waals surface area contributed by atoms with Crippen LogP contribution in [0.4, 0.5) is 4.39 Å². The lowest BCUT2D eigenvalue weighted by Crippen LogP contribution is -2.21. The summed E-state index contributed by atoms with van der Waals surface area (Å²) in [6.45, 7) is 5.21. The van der Waals surface area contributed by atoms with Crippen LogP contribution in [-0.4, -0.2) is 35.2 Å². The van der Waals surface area contributed by atoms with Gasteiger partial charge < -0.3 is 5.32 Å². The van der Waals surface area contributed by atoms with Crippen molar-refractivity contribution in [3.63, 3.8) is 0 Å². The predicted octanol–water partition coefficient (Wildman–Crippen LogP) is 2.68. The third kappa shape index (κ3) is 3.49. The molecule has 0 bridgehead atoms. The van der Waals surface area contributed by atoms with Gasteiger partial charge in [0.25, 0.3) is 0 Å². The second-order valence-corrected chi connectivity index (χ2v) is 8.89. The van der Waals surface area contributed by atoms with Gasteiger partial charge in [0.1, 0.15) is 10.8 Å². The smallest absolute Gasteiger partial charge is 0.217 e. The van der Waals surface area contributed by atoms with E-state index >= 15 is 0 Å². The molecule has 0 atom stereocenters. The molecule has 2 aromatic heterocycles. The molecule has 28 heavy (non-hydrogen) atoms. The highest BCUT2D eigenvalue weighted by Gasteiger charge is 2.30. The first-order chi connectivity index (χ1) is 13.2. The third-order valence-corrected chi connectivity index (χ3v) is 6.93. The first kappa shape index (κ1) is 20.3. The van der Waals surface area contributed by atoms with Crippen LogP contribution in [0.5, 0.6) is 0 Å². The topological polar surface area (TPSA) is 93.4 Å². The normalized spacial score (nSPS) is 11.8. The second-order valence-electron chi connectivity index (χ2n) is 6.21. The molecule has 0 aliphatic heterocycles. The number of sulfone groups is 1. The Morgan fingerprint density at radius 1 is 1.32 bits per heavy atom. The van der Waals surface area contributed by atoms with Gasteiger partial charge >= 0.3 is 0 Å². The molecule has 0 saturated carbocycles. The standard InChI is InChI=1S/C18H19FN4O3S2/c1-10-15(9-20-12(3)24)11(2)23-17(21-10)16(18(22-23)27-4)28(25,26)14-7-5-6-13(19)8-14/h5-8H,9H2,1-4H3,(H,20,24). The third-order valence-electron chi connectivity index (χ3n) is 4.34. The van der Waals surface area contributed by atoms with Crippen molar-refractivity contribution in [3.05, 3.63) is 47.0 Å². The van der Waals surface area contributed by atoms with E-state index in [0.29, 0.717) is 11.4 Å². The van der Waals surface area contributed by atoms with Crippen LogP contribution in [0.2, 0.25) is 0 Å². The first-order valence-corrected chi connectivity index (χ1v) is 11.1. The molecule has 0 spiro atoms. The molecule has 0 saturated heterocycles. The summed E-state index contributed by atoms with van der Waals surface area (Å²) in [4.78, 5) is 15.5. The van der Waals surface area contributed by atoms with Gasteiger partial charge in [0.15, 0.2) is 10.5 Å². The van der Waals surface area contributed by atoms with Crippen molar-refractivity contribution in [3.8, 4) is 0 Å². The molecule has 148 valence electrons. The zero-order valence-corrected chi connectivity index (χ0v) is 17.4. The molecular weight excluding hydrogens is 403 g/mol. The zero-order chi connectivity index (χ0) is 20.6. The van der Waals surface area contributed by atoms with Gasteiger partial charge in [0.05, 0.1) is 4.90 Å². The van der Waals surface area contributed by atoms with Crippen molar-refractivity contribution in [2.75, 3.05) is 6.26 Å². The van der Waals surface area contributed by atoms with Crippen LogP contribution < -0.4 is 5.32 Å². The van der Waals surface area contributed by atoms with Crippen LogP contribution in [-0.2, 0) is 21.2 Å². The van der Waals surface area contributed by atoms with Crippen LogP contribution in [0.15, 0.2) is 39.1 Å². The monoisotopic (exact) mass is 422 g/mol. The molecule has 1 N–H and O–H groups in total. The average Bonchev–Trinajstić information content (AvgIpc) is 3.00. The number of carbonyl (C=O) groups is 1. The van der Waals surface area contributed by atoms with Gasteiger partial charge in [-0.05, 0) is 38.3 Å². The molecule has 3 aromatic rings. The number of amides is 1. The lowest BCUT2D eigenvalue weighted by molar-refractivity contribution is -0.119. The Morgan fingerprint density at radius 3 is 2.64 bits per heavy atom. The molecule has 3 rings (SSSR count). The Bertz CT molecular complexity index is 1190. The number of benzene rings is 1. The summed E-state index contributed by atoms with van der Waals surface area (Å²) in [6.07, 6.45) is 1.72. The number of carbonyl (C=O) groups excluding carboxylic acids is 1. The van der Waals surface area contributed by atoms with Crippen LogP contribution in [0.1, 0.15) is 23.9 Å². The van der Waals surface area contributed by atoms with E-state index < -0.39 is 15.7 Å². The molecule has 10 heteroatoms. The Labute approximate surface area is 166 Å². The maximum atomic E-state index is 13.6. The molecule has 0 radical (unpaired) electrons. The molecule has 0 aliphatic rings. The fraction of sp³-hybridized carbons (Fsp3) is 0.278. The fourth-order valence-electron chi connectivity index (χ4n) is 2.91. The van der Waals surface area contributed by atoms with Gasteiger partial charge in [-0.15, -0.1) is 11.8 Å². The number of thioether (sulfide) groups is 1. The molecule has 7 nitrogen and oxygen atoms in total. The van der Waals surface area contributed by atoms with Gasteiger partial charge in [-0.1, -0.05) is 6.07 Å². The highest BCUT2D eigenvalue weighted by atomic mass is 32.2. The molecule has 0 aliphatic carbocycles. The molecule has 0 fully saturated rings. The van der Waals surface area contributed by atoms with E-state index in [0.717, 1.165) is 11.6 Å². The number of aromatic nitrogens is 3. The van der Waals surface area contributed by atoms with E-state index in [-0.39, 0.29) is 32.9 Å². The van der Waals surface area contributed by atoms with Gasteiger partial charge in [0, 0.05) is 30.4 Å². The van der Waals surface area contributed by atoms with Crippen LogP contribution in [0, 0.1) is 19.7 Å². The summed E-state index contributed by atoms with van der Waals surface area (Å²) in [5.41, 5.74) is 2.19. The zero-order valence-electron chi connectivity index (χ0n) is 15.8. The maximum Gasteiger partial charge on any atom is 0.217 e. The summed E-state index contributed by atoms with van der Waals surface area (Å²) in [7, 11) is -4.04. The number of nitrogens with one attached hydrogen (secondary N) is 1. The summed E-state index contributed by atoms with van der Waals surface area (Å²) in [5.74, 6) is -0.820. The Hall–Kier alpha value is -2.46. The second kappa shape index (κ2) is 7.51. The summed E-state index contributed by atoms with van der Waals surface area (Å²) in [6, 6.07) is 4.86. The number of hydrogen-bond acceptors (Lipinski definition) is 6. The minimum atomic E-state index is -4.04. The van der Waals surface area contributed by atoms with E-state index in [1.54, 1.807) is 20.1 Å². The number of aryl methyl sites for hydroxylation is 2. The number of hydrogen-bond donors (Lipinski definition) is 1. The Morgan fingerprint density at radius 2 is 2.04 bits per heavy atom. The van der Waals surface area contributed by atoms with Gasteiger partial charge in [0.2, 0.25) is 15.7 Å². The van der Waals surface area contributed by atoms with Gasteiger partial charge in [-0.25, -0.2) is 22.3 Å². The van der Waals surface area contributed by atoms with E-state index in [4.69, 9.17) is 0 Å². The summed E-state index contributed by atoms with van der Waals surface area (Å²) < 4.78 is 41.6. The largest absolute Gasteiger partial charge is 0.352 e. The SMILES string of the molecule is CSc1nn2c(C)c(CNC(C)=O)c(C)nc2c1S(=O)(=O)c1cccc(F)c1. The number of rotatable bonds is 5. The van der Waals surface area contributed by atoms with Crippen molar-refractivity contribution >= 4 is 33.2 Å². The van der Waals surface area contributed by atoms with E-state index in [9.17, 15) is 17.6 Å². The molecule has 0 unspecified atom stereocenters. The van der Waals surface area contributed by atoms with Crippen LogP contribution in [0.25, 0.3) is 5.65 Å². The van der Waals surface area contributed by atoms with Crippen molar-refractivity contribution in [1.29, 1.82) is 0 Å². The average molecular weight is 423 g/mol. The predicted molar refractivity (Wildman–Crippen MR) is 104 cm³/mol. The van der Waals surface area contributed by atoms with Gasteiger partial charge in [-0.3, -0.25) is 4.79 Å². The minimum Gasteiger partial charge on any atom is -0.352 e. The quantitative estimate of drug-likeness (QED) is 0.636. The van der Waals surface area contributed by atoms with Crippen LogP contribution in [0.3, 0.4) is 0 Å². The minimum absolute atomic E-state index is 0.0529. The van der Waals surface area contributed by atoms with Crippen molar-refractivity contribution < 1.29 is 17.6 Å². The van der Waals surface area contributed by atoms with Crippen molar-refractivity contribution in [2.45, 2.75) is 42.1 Å². The van der Waals surface area contributed by atoms with E-state index in [1.165, 1.54) is 41.4 Å². The van der Waals surface area contributed by atoms with Crippen LogP contribution >= 0.6 is 11.8 Å². The first-order valence-electron chi connectivity index (χ1n) is 8.34. The molecule has 2 heterocycles. The van der Waals surface area contributed by atoms with E-state index in [2.05, 4.69) is 15.4 Å². The number of halogens is 1. The summed E-state index contributed by atoms with van der Waals surface area (Å²) in [5, 5.41) is 7.40. The van der Waals surface area contributed by atoms with Crippen molar-refractivity contribution in [1.82, 2.24) is 19.9 Å². The highest BCUT2D eigenvalue weighted by Crippen LogP contribution is 2.33. The fourth-order valence-corrected chi connectivity index (χ4v) is 5.34. The molecular formula is C18H19FN4O3S2. The Kier molecular flexibility index (Phi) is 5.44. The van der Waals surface area contributed by atoms with E-state index in [1.807, 2.05) is 0 Å². The van der Waals surface area contributed by atoms with Gasteiger partial charge in [-0.2, -0.15) is 5.10 Å². The summed E-state index contributed by atoms with van der Waals surface area (Å²) >= 11 is 1.17. The lowest BCUT2D eigenvalue weighted by atomic mass is 10.1. The van der Waals surface area contributed by atoms with Crippen molar-refractivity contribution in [2.24, 2.45) is 0 Å². The number of fused-ring (bicyclic) bond motifs is 1.